The maximum atomic E-state index is 11.1. The van der Waals surface area contributed by atoms with E-state index in [1.54, 1.807) is 18.5 Å². The number of nitrogens with zero attached hydrogens (tertiary/aromatic N) is 2. The Labute approximate surface area is 114 Å². The first-order valence-corrected chi connectivity index (χ1v) is 6.06. The first-order chi connectivity index (χ1) is 9.15. The fourth-order valence-corrected chi connectivity index (χ4v) is 2.18. The molecule has 4 nitrogen and oxygen atoms in total. The van der Waals surface area contributed by atoms with E-state index >= 15 is 0 Å². The van der Waals surface area contributed by atoms with Gasteiger partial charge in [0.25, 0.3) is 0 Å². The quantitative estimate of drug-likeness (QED) is 0.779. The minimum atomic E-state index is -0.459. The van der Waals surface area contributed by atoms with Crippen LogP contribution in [0.3, 0.4) is 0 Å². The summed E-state index contributed by atoms with van der Waals surface area (Å²) in [6, 6.07) is 12.7. The molecule has 0 saturated heterocycles. The van der Waals surface area contributed by atoms with Gasteiger partial charge in [-0.15, -0.1) is 0 Å². The van der Waals surface area contributed by atoms with Crippen LogP contribution >= 0.6 is 11.6 Å². The summed E-state index contributed by atoms with van der Waals surface area (Å²) in [6.45, 7) is 0. The Morgan fingerprint density at radius 2 is 2.05 bits per heavy atom. The lowest BCUT2D eigenvalue weighted by Gasteiger charge is -2.04. The van der Waals surface area contributed by atoms with E-state index in [0.29, 0.717) is 10.6 Å². The van der Waals surface area contributed by atoms with E-state index in [1.807, 2.05) is 34.9 Å². The lowest BCUT2D eigenvalue weighted by Crippen LogP contribution is -2.10. The summed E-state index contributed by atoms with van der Waals surface area (Å²) in [6.07, 6.45) is 1.70. The zero-order valence-corrected chi connectivity index (χ0v) is 10.6. The monoisotopic (exact) mass is 271 g/mol. The third-order valence-electron chi connectivity index (χ3n) is 2.92. The fourth-order valence-electron chi connectivity index (χ4n) is 2.00. The van der Waals surface area contributed by atoms with Crippen molar-refractivity contribution in [2.45, 2.75) is 0 Å². The van der Waals surface area contributed by atoms with Crippen molar-refractivity contribution in [3.05, 3.63) is 59.4 Å². The summed E-state index contributed by atoms with van der Waals surface area (Å²) >= 11 is 5.98. The van der Waals surface area contributed by atoms with Gasteiger partial charge in [0, 0.05) is 16.3 Å². The molecule has 0 aliphatic rings. The minimum absolute atomic E-state index is 0.448. The molecule has 0 spiro atoms. The van der Waals surface area contributed by atoms with Gasteiger partial charge in [-0.1, -0.05) is 17.7 Å². The number of benzene rings is 2. The number of fused-ring (bicyclic) bond motifs is 1. The SMILES string of the molecule is NC(=O)c1ccc2c(c1)ncn2-c1cccc(Cl)c1. The summed E-state index contributed by atoms with van der Waals surface area (Å²) in [5, 5.41) is 0.660. The number of imidazole rings is 1. The Morgan fingerprint density at radius 1 is 1.21 bits per heavy atom. The lowest BCUT2D eigenvalue weighted by molar-refractivity contribution is 0.100. The molecular formula is C14H10ClN3O. The highest BCUT2D eigenvalue weighted by molar-refractivity contribution is 6.30. The molecular weight excluding hydrogens is 262 g/mol. The van der Waals surface area contributed by atoms with E-state index < -0.39 is 5.91 Å². The van der Waals surface area contributed by atoms with Crippen LogP contribution in [0, 0.1) is 0 Å². The Kier molecular flexibility index (Phi) is 2.72. The number of nitrogens with two attached hydrogens (primary N) is 1. The van der Waals surface area contributed by atoms with Crippen LogP contribution in [0.1, 0.15) is 10.4 Å². The predicted octanol–water partition coefficient (Wildman–Crippen LogP) is 2.78. The Balaban J connectivity index is 2.18. The Hall–Kier alpha value is -2.33. The van der Waals surface area contributed by atoms with Gasteiger partial charge in [-0.3, -0.25) is 9.36 Å². The van der Waals surface area contributed by atoms with Gasteiger partial charge >= 0.3 is 0 Å². The minimum Gasteiger partial charge on any atom is -0.366 e. The molecule has 2 aromatic carbocycles. The van der Waals surface area contributed by atoms with Crippen molar-refractivity contribution in [2.24, 2.45) is 5.73 Å². The van der Waals surface area contributed by atoms with Crippen LogP contribution in [-0.4, -0.2) is 15.5 Å². The first-order valence-electron chi connectivity index (χ1n) is 5.68. The van der Waals surface area contributed by atoms with E-state index in [2.05, 4.69) is 4.98 Å². The number of hydrogen-bond acceptors (Lipinski definition) is 2. The number of hydrogen-bond donors (Lipinski definition) is 1. The highest BCUT2D eigenvalue weighted by Gasteiger charge is 2.08. The molecule has 3 rings (SSSR count). The number of primary amides is 1. The normalized spacial score (nSPS) is 10.8. The lowest BCUT2D eigenvalue weighted by atomic mass is 10.2. The maximum Gasteiger partial charge on any atom is 0.248 e. The summed E-state index contributed by atoms with van der Waals surface area (Å²) in [5.74, 6) is -0.459. The number of halogens is 1. The van der Waals surface area contributed by atoms with Crippen molar-refractivity contribution in [1.82, 2.24) is 9.55 Å². The number of rotatable bonds is 2. The van der Waals surface area contributed by atoms with Crippen molar-refractivity contribution in [2.75, 3.05) is 0 Å². The van der Waals surface area contributed by atoms with Crippen molar-refractivity contribution in [3.8, 4) is 5.69 Å². The third-order valence-corrected chi connectivity index (χ3v) is 3.15. The smallest absolute Gasteiger partial charge is 0.248 e. The number of amides is 1. The molecule has 1 amide bonds. The number of carbonyl (C=O) groups excluding carboxylic acids is 1. The Bertz CT molecular complexity index is 779. The van der Waals surface area contributed by atoms with Gasteiger partial charge in [-0.05, 0) is 36.4 Å². The number of carbonyl (C=O) groups is 1. The second-order valence-electron chi connectivity index (χ2n) is 4.16. The molecule has 0 bridgehead atoms. The van der Waals surface area contributed by atoms with E-state index in [9.17, 15) is 4.79 Å². The zero-order valence-electron chi connectivity index (χ0n) is 9.88. The van der Waals surface area contributed by atoms with Crippen molar-refractivity contribution in [3.63, 3.8) is 0 Å². The fraction of sp³-hybridized carbons (Fsp3) is 0. The van der Waals surface area contributed by atoms with Crippen molar-refractivity contribution < 1.29 is 4.79 Å². The summed E-state index contributed by atoms with van der Waals surface area (Å²) in [4.78, 5) is 15.4. The van der Waals surface area contributed by atoms with Crippen LogP contribution in [0.25, 0.3) is 16.7 Å². The van der Waals surface area contributed by atoms with Crippen LogP contribution < -0.4 is 5.73 Å². The second-order valence-corrected chi connectivity index (χ2v) is 4.60. The first kappa shape index (κ1) is 11.7. The summed E-state index contributed by atoms with van der Waals surface area (Å²) in [7, 11) is 0. The molecule has 3 aromatic rings. The molecule has 1 heterocycles. The molecule has 19 heavy (non-hydrogen) atoms. The van der Waals surface area contributed by atoms with Gasteiger partial charge in [-0.25, -0.2) is 4.98 Å². The van der Waals surface area contributed by atoms with Crippen LogP contribution in [0.4, 0.5) is 0 Å². The van der Waals surface area contributed by atoms with Crippen LogP contribution in [0.15, 0.2) is 48.8 Å². The summed E-state index contributed by atoms with van der Waals surface area (Å²) < 4.78 is 1.91. The van der Waals surface area contributed by atoms with Gasteiger partial charge in [0.15, 0.2) is 0 Å². The van der Waals surface area contributed by atoms with E-state index in [0.717, 1.165) is 16.7 Å². The van der Waals surface area contributed by atoms with E-state index in [4.69, 9.17) is 17.3 Å². The highest BCUT2D eigenvalue weighted by atomic mass is 35.5. The molecule has 0 saturated carbocycles. The largest absolute Gasteiger partial charge is 0.366 e. The predicted molar refractivity (Wildman–Crippen MR) is 74.6 cm³/mol. The summed E-state index contributed by atoms with van der Waals surface area (Å²) in [5.41, 5.74) is 8.23. The molecule has 1 aromatic heterocycles. The Morgan fingerprint density at radius 3 is 2.79 bits per heavy atom. The average molecular weight is 272 g/mol. The van der Waals surface area contributed by atoms with Gasteiger partial charge in [-0.2, -0.15) is 0 Å². The molecule has 0 atom stereocenters. The van der Waals surface area contributed by atoms with E-state index in [1.165, 1.54) is 0 Å². The molecule has 5 heteroatoms. The van der Waals surface area contributed by atoms with Crippen LogP contribution in [0.5, 0.6) is 0 Å². The van der Waals surface area contributed by atoms with Crippen LogP contribution in [0.2, 0.25) is 5.02 Å². The van der Waals surface area contributed by atoms with Crippen LogP contribution in [-0.2, 0) is 0 Å². The van der Waals surface area contributed by atoms with E-state index in [-0.39, 0.29) is 0 Å². The molecule has 0 radical (unpaired) electrons. The van der Waals surface area contributed by atoms with Gasteiger partial charge in [0.1, 0.15) is 6.33 Å². The maximum absolute atomic E-state index is 11.1. The molecule has 0 fully saturated rings. The zero-order chi connectivity index (χ0) is 13.4. The number of aromatic nitrogens is 2. The molecule has 2 N–H and O–H groups in total. The van der Waals surface area contributed by atoms with Gasteiger partial charge in [0.05, 0.1) is 11.0 Å². The highest BCUT2D eigenvalue weighted by Crippen LogP contribution is 2.21. The average Bonchev–Trinajstić information content (AvgIpc) is 2.81. The topological polar surface area (TPSA) is 60.9 Å². The second kappa shape index (κ2) is 4.40. The van der Waals surface area contributed by atoms with Crippen molar-refractivity contribution in [1.29, 1.82) is 0 Å². The van der Waals surface area contributed by atoms with Gasteiger partial charge in [0.2, 0.25) is 5.91 Å². The standard InChI is InChI=1S/C14H10ClN3O/c15-10-2-1-3-11(7-10)18-8-17-12-6-9(14(16)19)4-5-13(12)18/h1-8H,(H2,16,19). The molecule has 0 aliphatic heterocycles. The molecule has 0 aliphatic carbocycles. The van der Waals surface area contributed by atoms with Gasteiger partial charge < -0.3 is 5.73 Å². The molecule has 94 valence electrons. The third kappa shape index (κ3) is 2.06. The molecule has 0 unspecified atom stereocenters. The van der Waals surface area contributed by atoms with Crippen molar-refractivity contribution >= 4 is 28.5 Å².